The molecule has 17 heavy (non-hydrogen) atoms. The highest BCUT2D eigenvalue weighted by Crippen LogP contribution is 2.31. The molecule has 3 heteroatoms. The van der Waals surface area contributed by atoms with Crippen LogP contribution in [0.15, 0.2) is 22.9 Å². The van der Waals surface area contributed by atoms with E-state index in [-0.39, 0.29) is 6.10 Å². The van der Waals surface area contributed by atoms with E-state index in [1.54, 1.807) is 6.20 Å². The van der Waals surface area contributed by atoms with Crippen LogP contribution in [0.4, 0.5) is 0 Å². The Kier molecular flexibility index (Phi) is 4.57. The molecular formula is C14H20BrNO. The van der Waals surface area contributed by atoms with Crippen molar-refractivity contribution in [1.29, 1.82) is 0 Å². The van der Waals surface area contributed by atoms with E-state index in [0.29, 0.717) is 5.92 Å². The molecule has 3 atom stereocenters. The van der Waals surface area contributed by atoms with Gasteiger partial charge in [0.2, 0.25) is 0 Å². The zero-order chi connectivity index (χ0) is 12.3. The number of hydrogen-bond acceptors (Lipinski definition) is 2. The lowest BCUT2D eigenvalue weighted by atomic mass is 9.78. The number of aliphatic hydroxyl groups excluding tert-OH is 1. The number of halogens is 1. The monoisotopic (exact) mass is 297 g/mol. The van der Waals surface area contributed by atoms with Crippen LogP contribution in [0.25, 0.3) is 0 Å². The molecule has 1 N–H and O–H groups in total. The fraction of sp³-hybridized carbons (Fsp3) is 0.643. The summed E-state index contributed by atoms with van der Waals surface area (Å²) in [6.45, 7) is 2.29. The van der Waals surface area contributed by atoms with E-state index < -0.39 is 0 Å². The van der Waals surface area contributed by atoms with Crippen LogP contribution in [0.5, 0.6) is 0 Å². The lowest BCUT2D eigenvalue weighted by Crippen LogP contribution is -2.27. The van der Waals surface area contributed by atoms with Gasteiger partial charge in [-0.05, 0) is 52.2 Å². The fourth-order valence-corrected chi connectivity index (χ4v) is 3.22. The Morgan fingerprint density at radius 3 is 3.00 bits per heavy atom. The van der Waals surface area contributed by atoms with Crippen molar-refractivity contribution in [2.75, 3.05) is 0 Å². The topological polar surface area (TPSA) is 33.1 Å². The van der Waals surface area contributed by atoms with Crippen molar-refractivity contribution in [2.24, 2.45) is 11.8 Å². The highest BCUT2D eigenvalue weighted by atomic mass is 79.9. The Hall–Kier alpha value is -0.410. The second-order valence-corrected chi connectivity index (χ2v) is 6.23. The quantitative estimate of drug-likeness (QED) is 0.925. The maximum atomic E-state index is 10.3. The Bertz CT molecular complexity index is 369. The molecule has 1 saturated carbocycles. The zero-order valence-corrected chi connectivity index (χ0v) is 11.9. The molecule has 0 aromatic carbocycles. The molecule has 1 aliphatic rings. The predicted octanol–water partition coefficient (Wildman–Crippen LogP) is 3.57. The summed E-state index contributed by atoms with van der Waals surface area (Å²) in [6.07, 6.45) is 9.06. The second kappa shape index (κ2) is 5.96. The molecule has 94 valence electrons. The smallest absolute Gasteiger partial charge is 0.0609 e. The van der Waals surface area contributed by atoms with E-state index in [4.69, 9.17) is 0 Å². The van der Waals surface area contributed by atoms with Gasteiger partial charge in [0, 0.05) is 23.3 Å². The third-order valence-electron chi connectivity index (χ3n) is 3.73. The van der Waals surface area contributed by atoms with E-state index in [1.807, 2.05) is 12.3 Å². The largest absolute Gasteiger partial charge is 0.392 e. The van der Waals surface area contributed by atoms with E-state index in [1.165, 1.54) is 25.7 Å². The average molecular weight is 298 g/mol. The van der Waals surface area contributed by atoms with Gasteiger partial charge in [-0.3, -0.25) is 4.98 Å². The Balaban J connectivity index is 1.94. The SMILES string of the molecule is CC1CCCC(C(O)Cc2cncc(Br)c2)C1. The highest BCUT2D eigenvalue weighted by Gasteiger charge is 2.25. The number of aromatic nitrogens is 1. The van der Waals surface area contributed by atoms with Gasteiger partial charge in [-0.1, -0.05) is 19.8 Å². The lowest BCUT2D eigenvalue weighted by molar-refractivity contribution is 0.0719. The maximum Gasteiger partial charge on any atom is 0.0609 e. The first-order valence-corrected chi connectivity index (χ1v) is 7.22. The van der Waals surface area contributed by atoms with Gasteiger partial charge in [0.1, 0.15) is 0 Å². The second-order valence-electron chi connectivity index (χ2n) is 5.31. The van der Waals surface area contributed by atoms with Crippen molar-refractivity contribution in [3.8, 4) is 0 Å². The number of rotatable bonds is 3. The van der Waals surface area contributed by atoms with E-state index in [2.05, 4.69) is 27.8 Å². The summed E-state index contributed by atoms with van der Waals surface area (Å²) >= 11 is 3.41. The van der Waals surface area contributed by atoms with Gasteiger partial charge in [0.15, 0.2) is 0 Å². The van der Waals surface area contributed by atoms with Crippen LogP contribution in [-0.2, 0) is 6.42 Å². The minimum atomic E-state index is -0.214. The maximum absolute atomic E-state index is 10.3. The first-order chi connectivity index (χ1) is 8.15. The van der Waals surface area contributed by atoms with Crippen LogP contribution in [0.1, 0.15) is 38.2 Å². The number of hydrogen-bond donors (Lipinski definition) is 1. The van der Waals surface area contributed by atoms with Crippen molar-refractivity contribution >= 4 is 15.9 Å². The first kappa shape index (κ1) is 13.0. The van der Waals surface area contributed by atoms with Crippen LogP contribution in [0, 0.1) is 11.8 Å². The van der Waals surface area contributed by atoms with Crippen LogP contribution >= 0.6 is 15.9 Å². The van der Waals surface area contributed by atoms with Crippen molar-refractivity contribution < 1.29 is 5.11 Å². The molecule has 0 bridgehead atoms. The third-order valence-corrected chi connectivity index (χ3v) is 4.16. The van der Waals surface area contributed by atoms with Crippen LogP contribution in [0.2, 0.25) is 0 Å². The summed E-state index contributed by atoms with van der Waals surface area (Å²) in [6, 6.07) is 2.04. The molecule has 0 spiro atoms. The summed E-state index contributed by atoms with van der Waals surface area (Å²) < 4.78 is 0.985. The van der Waals surface area contributed by atoms with E-state index in [9.17, 15) is 5.11 Å². The lowest BCUT2D eigenvalue weighted by Gasteiger charge is -2.30. The summed E-state index contributed by atoms with van der Waals surface area (Å²) in [5.74, 6) is 1.24. The van der Waals surface area contributed by atoms with E-state index in [0.717, 1.165) is 22.4 Å². The zero-order valence-electron chi connectivity index (χ0n) is 10.3. The minimum Gasteiger partial charge on any atom is -0.392 e. The molecule has 2 nitrogen and oxygen atoms in total. The van der Waals surface area contributed by atoms with Gasteiger partial charge in [0.25, 0.3) is 0 Å². The summed E-state index contributed by atoms with van der Waals surface area (Å²) in [7, 11) is 0. The first-order valence-electron chi connectivity index (χ1n) is 6.42. The van der Waals surface area contributed by atoms with Gasteiger partial charge in [-0.2, -0.15) is 0 Å². The normalized spacial score (nSPS) is 26.8. The molecular weight excluding hydrogens is 278 g/mol. The van der Waals surface area contributed by atoms with Gasteiger partial charge in [-0.15, -0.1) is 0 Å². The molecule has 1 aliphatic carbocycles. The summed E-state index contributed by atoms with van der Waals surface area (Å²) in [5.41, 5.74) is 1.12. The molecule has 3 unspecified atom stereocenters. The molecule has 1 heterocycles. The fourth-order valence-electron chi connectivity index (χ4n) is 2.81. The Morgan fingerprint density at radius 2 is 2.29 bits per heavy atom. The minimum absolute atomic E-state index is 0.214. The van der Waals surface area contributed by atoms with Crippen molar-refractivity contribution in [3.05, 3.63) is 28.5 Å². The molecule has 2 rings (SSSR count). The molecule has 0 radical (unpaired) electrons. The molecule has 1 aromatic rings. The van der Waals surface area contributed by atoms with Crippen molar-refractivity contribution in [1.82, 2.24) is 4.98 Å². The summed E-state index contributed by atoms with van der Waals surface area (Å²) in [4.78, 5) is 4.14. The molecule has 0 aliphatic heterocycles. The standard InChI is InChI=1S/C14H20BrNO/c1-10-3-2-4-12(5-10)14(17)7-11-6-13(15)9-16-8-11/h6,8-10,12,14,17H,2-5,7H2,1H3. The Labute approximate surface area is 112 Å². The highest BCUT2D eigenvalue weighted by molar-refractivity contribution is 9.10. The molecule has 1 fully saturated rings. The van der Waals surface area contributed by atoms with Gasteiger partial charge in [0.05, 0.1) is 6.10 Å². The van der Waals surface area contributed by atoms with Crippen LogP contribution in [-0.4, -0.2) is 16.2 Å². The number of nitrogens with zero attached hydrogens (tertiary/aromatic N) is 1. The van der Waals surface area contributed by atoms with E-state index >= 15 is 0 Å². The van der Waals surface area contributed by atoms with Crippen molar-refractivity contribution in [2.45, 2.75) is 45.1 Å². The predicted molar refractivity (Wildman–Crippen MR) is 72.8 cm³/mol. The Morgan fingerprint density at radius 1 is 1.47 bits per heavy atom. The van der Waals surface area contributed by atoms with Crippen molar-refractivity contribution in [3.63, 3.8) is 0 Å². The van der Waals surface area contributed by atoms with Gasteiger partial charge >= 0.3 is 0 Å². The third kappa shape index (κ3) is 3.78. The molecule has 0 amide bonds. The molecule has 1 aromatic heterocycles. The molecule has 0 saturated heterocycles. The van der Waals surface area contributed by atoms with Gasteiger partial charge < -0.3 is 5.11 Å². The number of aliphatic hydroxyl groups is 1. The summed E-state index contributed by atoms with van der Waals surface area (Å²) in [5, 5.41) is 10.3. The average Bonchev–Trinajstić information content (AvgIpc) is 2.29. The van der Waals surface area contributed by atoms with Gasteiger partial charge in [-0.25, -0.2) is 0 Å². The number of pyridine rings is 1. The van der Waals surface area contributed by atoms with Crippen LogP contribution in [0.3, 0.4) is 0 Å². The van der Waals surface area contributed by atoms with Crippen LogP contribution < -0.4 is 0 Å².